The molecule has 170 valence electrons. The lowest BCUT2D eigenvalue weighted by atomic mass is 9.66. The van der Waals surface area contributed by atoms with Gasteiger partial charge in [0.1, 0.15) is 0 Å². The fourth-order valence-corrected chi connectivity index (χ4v) is 5.42. The maximum atomic E-state index is 4.41. The monoisotopic (exact) mass is 427 g/mol. The molecule has 1 aromatic rings. The topological polar surface area (TPSA) is 12.0 Å². The zero-order valence-corrected chi connectivity index (χ0v) is 20.6. The average molecular weight is 428 g/mol. The summed E-state index contributed by atoms with van der Waals surface area (Å²) in [6.45, 7) is 14.0. The zero-order valence-electron chi connectivity index (χ0n) is 20.6. The first-order valence-electron chi connectivity index (χ1n) is 12.4. The molecule has 0 saturated heterocycles. The molecule has 3 rings (SSSR count). The standard InChI is InChI=1S/C31H41N/c1-6-8-20-28-27(19-15-23-32-25(5)26-17-11-9-12-18-26)30(24(3)4)29(16-7-2)31(28)21-13-10-14-22-31/h7-9,11-12,15-20,25,32H,3,6,10,13-14,21-23H2,1-2,4-5H3/b16-7-,19-15+,20-8-. The van der Waals surface area contributed by atoms with Gasteiger partial charge >= 0.3 is 0 Å². The maximum absolute atomic E-state index is 4.41. The Morgan fingerprint density at radius 2 is 1.75 bits per heavy atom. The molecule has 0 aliphatic heterocycles. The SMILES string of the molecule is C=C(C)C1=C(/C=C\C)C2(CCCCC2)C(/C=C\CC)=C1/C=C/CNC(C)c1ccccc1. The van der Waals surface area contributed by atoms with Crippen LogP contribution in [0.3, 0.4) is 0 Å². The Labute approximate surface area is 196 Å². The number of hydrogen-bond donors (Lipinski definition) is 1. The van der Waals surface area contributed by atoms with Crippen LogP contribution in [0.4, 0.5) is 0 Å². The van der Waals surface area contributed by atoms with Gasteiger partial charge < -0.3 is 5.32 Å². The lowest BCUT2D eigenvalue weighted by Gasteiger charge is -2.38. The van der Waals surface area contributed by atoms with Crippen LogP contribution in [0, 0.1) is 5.41 Å². The first-order valence-corrected chi connectivity index (χ1v) is 12.4. The largest absolute Gasteiger partial charge is 0.307 e. The number of rotatable bonds is 9. The molecule has 0 radical (unpaired) electrons. The molecule has 1 heteroatoms. The van der Waals surface area contributed by atoms with Crippen molar-refractivity contribution < 1.29 is 0 Å². The van der Waals surface area contributed by atoms with Crippen molar-refractivity contribution in [1.82, 2.24) is 5.32 Å². The Bertz CT molecular complexity index is 930. The summed E-state index contributed by atoms with van der Waals surface area (Å²) in [5.74, 6) is 0. The van der Waals surface area contributed by atoms with Gasteiger partial charge in [0.25, 0.3) is 0 Å². The lowest BCUT2D eigenvalue weighted by Crippen LogP contribution is -2.26. The van der Waals surface area contributed by atoms with Crippen molar-refractivity contribution >= 4 is 0 Å². The molecule has 1 spiro atoms. The summed E-state index contributed by atoms with van der Waals surface area (Å²) in [6.07, 6.45) is 21.5. The number of nitrogens with one attached hydrogen (secondary N) is 1. The molecule has 1 aromatic carbocycles. The third-order valence-corrected chi connectivity index (χ3v) is 6.97. The van der Waals surface area contributed by atoms with E-state index < -0.39 is 0 Å². The van der Waals surface area contributed by atoms with Crippen LogP contribution in [0.15, 0.2) is 101 Å². The third-order valence-electron chi connectivity index (χ3n) is 6.97. The average Bonchev–Trinajstić information content (AvgIpc) is 3.04. The van der Waals surface area contributed by atoms with Crippen molar-refractivity contribution in [2.24, 2.45) is 5.41 Å². The molecular weight excluding hydrogens is 386 g/mol. The van der Waals surface area contributed by atoms with Crippen molar-refractivity contribution in [2.45, 2.75) is 72.3 Å². The van der Waals surface area contributed by atoms with Crippen LogP contribution in [0.1, 0.15) is 77.8 Å². The van der Waals surface area contributed by atoms with Gasteiger partial charge in [0.15, 0.2) is 0 Å². The molecule has 0 amide bonds. The van der Waals surface area contributed by atoms with Crippen LogP contribution in [0.2, 0.25) is 0 Å². The number of hydrogen-bond acceptors (Lipinski definition) is 1. The van der Waals surface area contributed by atoms with E-state index in [0.717, 1.165) is 13.0 Å². The fourth-order valence-electron chi connectivity index (χ4n) is 5.42. The van der Waals surface area contributed by atoms with Gasteiger partial charge in [-0.3, -0.25) is 0 Å². The molecule has 2 aliphatic rings. The molecule has 1 nitrogen and oxygen atoms in total. The molecule has 0 bridgehead atoms. The molecule has 1 N–H and O–H groups in total. The van der Waals surface area contributed by atoms with E-state index in [9.17, 15) is 0 Å². The Hall–Kier alpha value is -2.38. The first-order chi connectivity index (χ1) is 15.5. The third kappa shape index (κ3) is 5.15. The van der Waals surface area contributed by atoms with Gasteiger partial charge in [-0.2, -0.15) is 0 Å². The zero-order chi connectivity index (χ0) is 23.0. The van der Waals surface area contributed by atoms with Gasteiger partial charge in [0, 0.05) is 18.0 Å². The first kappa shape index (κ1) is 24.3. The van der Waals surface area contributed by atoms with Crippen LogP contribution in [0.5, 0.6) is 0 Å². The highest BCUT2D eigenvalue weighted by Gasteiger charge is 2.44. The van der Waals surface area contributed by atoms with E-state index >= 15 is 0 Å². The molecule has 1 unspecified atom stereocenters. The Balaban J connectivity index is 1.95. The smallest absolute Gasteiger partial charge is 0.0294 e. The molecular formula is C31H41N. The molecule has 0 heterocycles. The molecule has 2 aliphatic carbocycles. The van der Waals surface area contributed by atoms with Crippen LogP contribution in [-0.2, 0) is 0 Å². The summed E-state index contributed by atoms with van der Waals surface area (Å²) in [5.41, 5.74) is 8.40. The van der Waals surface area contributed by atoms with Crippen molar-refractivity contribution in [3.63, 3.8) is 0 Å². The van der Waals surface area contributed by atoms with E-state index in [1.54, 1.807) is 0 Å². The van der Waals surface area contributed by atoms with E-state index in [-0.39, 0.29) is 5.41 Å². The van der Waals surface area contributed by atoms with Crippen LogP contribution in [-0.4, -0.2) is 6.54 Å². The Morgan fingerprint density at radius 3 is 2.38 bits per heavy atom. The summed E-state index contributed by atoms with van der Waals surface area (Å²) in [5, 5.41) is 3.65. The van der Waals surface area contributed by atoms with Crippen LogP contribution in [0.25, 0.3) is 0 Å². The number of allylic oxidation sites excluding steroid dienone is 10. The molecule has 1 fully saturated rings. The van der Waals surface area contributed by atoms with E-state index in [4.69, 9.17) is 0 Å². The van der Waals surface area contributed by atoms with E-state index in [0.29, 0.717) is 6.04 Å². The molecule has 32 heavy (non-hydrogen) atoms. The van der Waals surface area contributed by atoms with Gasteiger partial charge in [-0.25, -0.2) is 0 Å². The van der Waals surface area contributed by atoms with Crippen molar-refractivity contribution in [3.8, 4) is 0 Å². The van der Waals surface area contributed by atoms with E-state index in [1.165, 1.54) is 65.5 Å². The Morgan fingerprint density at radius 1 is 1.03 bits per heavy atom. The van der Waals surface area contributed by atoms with Gasteiger partial charge in [-0.1, -0.05) is 105 Å². The number of benzene rings is 1. The highest BCUT2D eigenvalue weighted by atomic mass is 14.9. The molecule has 1 atom stereocenters. The second kappa shape index (κ2) is 11.5. The van der Waals surface area contributed by atoms with Crippen molar-refractivity contribution in [1.29, 1.82) is 0 Å². The highest BCUT2D eigenvalue weighted by Crippen LogP contribution is 2.57. The lowest BCUT2D eigenvalue weighted by molar-refractivity contribution is 0.304. The van der Waals surface area contributed by atoms with Crippen LogP contribution >= 0.6 is 0 Å². The van der Waals surface area contributed by atoms with E-state index in [2.05, 4.69) is 106 Å². The minimum atomic E-state index is 0.148. The highest BCUT2D eigenvalue weighted by molar-refractivity contribution is 5.69. The summed E-state index contributed by atoms with van der Waals surface area (Å²) < 4.78 is 0. The van der Waals surface area contributed by atoms with Crippen molar-refractivity contribution in [3.05, 3.63) is 107 Å². The predicted octanol–water partition coefficient (Wildman–Crippen LogP) is 8.57. The summed E-state index contributed by atoms with van der Waals surface area (Å²) in [6, 6.07) is 11.0. The quantitative estimate of drug-likeness (QED) is 0.416. The second-order valence-electron chi connectivity index (χ2n) is 9.29. The maximum Gasteiger partial charge on any atom is 0.0294 e. The summed E-state index contributed by atoms with van der Waals surface area (Å²) in [4.78, 5) is 0. The minimum Gasteiger partial charge on any atom is -0.307 e. The van der Waals surface area contributed by atoms with Crippen molar-refractivity contribution in [2.75, 3.05) is 6.54 Å². The second-order valence-corrected chi connectivity index (χ2v) is 9.29. The molecule has 1 saturated carbocycles. The summed E-state index contributed by atoms with van der Waals surface area (Å²) in [7, 11) is 0. The van der Waals surface area contributed by atoms with Gasteiger partial charge in [0.05, 0.1) is 0 Å². The van der Waals surface area contributed by atoms with Gasteiger partial charge in [0.2, 0.25) is 0 Å². The predicted molar refractivity (Wildman–Crippen MR) is 141 cm³/mol. The van der Waals surface area contributed by atoms with E-state index in [1.807, 2.05) is 0 Å². The Kier molecular flexibility index (Phi) is 8.70. The normalized spacial score (nSPS) is 19.9. The fraction of sp³-hybridized carbons (Fsp3) is 0.419. The molecule has 0 aromatic heterocycles. The minimum absolute atomic E-state index is 0.148. The van der Waals surface area contributed by atoms with Crippen LogP contribution < -0.4 is 5.32 Å². The summed E-state index contributed by atoms with van der Waals surface area (Å²) >= 11 is 0. The van der Waals surface area contributed by atoms with Gasteiger partial charge in [-0.05, 0) is 67.9 Å². The van der Waals surface area contributed by atoms with Gasteiger partial charge in [-0.15, -0.1) is 0 Å².